The molecule has 0 bridgehead atoms. The van der Waals surface area contributed by atoms with Gasteiger partial charge in [-0.25, -0.2) is 4.98 Å². The highest BCUT2D eigenvalue weighted by atomic mass is 79.9. The zero-order valence-corrected chi connectivity index (χ0v) is 12.9. The fourth-order valence-corrected chi connectivity index (χ4v) is 3.35. The minimum absolute atomic E-state index is 0.0159. The number of hydrogen-bond donors (Lipinski definition) is 1. The second-order valence-corrected chi connectivity index (χ2v) is 6.65. The quantitative estimate of drug-likeness (QED) is 0.890. The minimum atomic E-state index is -0.0159. The first-order chi connectivity index (χ1) is 8.08. The van der Waals surface area contributed by atoms with E-state index in [2.05, 4.69) is 41.8 Å². The van der Waals surface area contributed by atoms with Gasteiger partial charge in [-0.2, -0.15) is 0 Å². The molecule has 0 spiro atoms. The topological polar surface area (TPSA) is 49.0 Å². The number of thiophene rings is 1. The Labute approximate surface area is 119 Å². The number of amides is 1. The Hall–Kier alpha value is -0.660. The molecule has 0 aliphatic rings. The van der Waals surface area contributed by atoms with Gasteiger partial charge in [0.25, 0.3) is 5.91 Å². The lowest BCUT2D eigenvalue weighted by Crippen LogP contribution is -2.25. The van der Waals surface area contributed by atoms with Crippen LogP contribution in [0.5, 0.6) is 0 Å². The van der Waals surface area contributed by atoms with Crippen molar-refractivity contribution >= 4 is 49.1 Å². The maximum Gasteiger partial charge on any atom is 0.264 e. The summed E-state index contributed by atoms with van der Waals surface area (Å²) >= 11 is 8.16. The van der Waals surface area contributed by atoms with E-state index in [0.717, 1.165) is 14.1 Å². The Bertz CT molecular complexity index is 504. The van der Waals surface area contributed by atoms with E-state index in [-0.39, 0.29) is 5.91 Å². The molecule has 0 radical (unpaired) electrons. The molecule has 0 aromatic carbocycles. The van der Waals surface area contributed by atoms with Crippen molar-refractivity contribution < 1.29 is 4.79 Å². The number of hydrogen-bond acceptors (Lipinski definition) is 3. The third kappa shape index (κ3) is 2.97. The van der Waals surface area contributed by atoms with Crippen LogP contribution in [0.2, 0.25) is 0 Å². The molecule has 0 fully saturated rings. The van der Waals surface area contributed by atoms with Crippen molar-refractivity contribution in [2.24, 2.45) is 0 Å². The Morgan fingerprint density at radius 2 is 2.35 bits per heavy atom. The summed E-state index contributed by atoms with van der Waals surface area (Å²) in [6, 6.07) is 1.82. The van der Waals surface area contributed by atoms with Gasteiger partial charge in [0.15, 0.2) is 0 Å². The summed E-state index contributed by atoms with van der Waals surface area (Å²) in [5.41, 5.74) is 0. The summed E-state index contributed by atoms with van der Waals surface area (Å²) in [6.45, 7) is 0.471. The lowest BCUT2D eigenvalue weighted by molar-refractivity contribution is 0.0786. The van der Waals surface area contributed by atoms with Gasteiger partial charge in [-0.3, -0.25) is 4.79 Å². The summed E-state index contributed by atoms with van der Waals surface area (Å²) in [4.78, 5) is 21.5. The number of rotatable bonds is 3. The fraction of sp³-hybridized carbons (Fsp3) is 0.200. The standard InChI is InChI=1S/C10H9Br2N3OS/c1-15(5-8-13-2-3-14-8)10(16)7-4-6(11)9(12)17-7/h2-4H,5H2,1H3,(H,13,14). The van der Waals surface area contributed by atoms with Crippen LogP contribution in [-0.2, 0) is 6.54 Å². The van der Waals surface area contributed by atoms with Crippen molar-refractivity contribution in [1.29, 1.82) is 0 Å². The molecule has 0 aliphatic carbocycles. The molecular weight excluding hydrogens is 370 g/mol. The Balaban J connectivity index is 2.09. The predicted molar refractivity (Wildman–Crippen MR) is 74.1 cm³/mol. The first-order valence-corrected chi connectivity index (χ1v) is 7.16. The SMILES string of the molecule is CN(Cc1ncc[nH]1)C(=O)c1cc(Br)c(Br)s1. The first kappa shape index (κ1) is 12.8. The molecule has 1 N–H and O–H groups in total. The van der Waals surface area contributed by atoms with Crippen molar-refractivity contribution in [2.45, 2.75) is 6.54 Å². The van der Waals surface area contributed by atoms with Gasteiger partial charge >= 0.3 is 0 Å². The molecule has 2 aromatic rings. The molecule has 0 atom stereocenters. The summed E-state index contributed by atoms with van der Waals surface area (Å²) < 4.78 is 1.82. The number of aromatic amines is 1. The molecule has 17 heavy (non-hydrogen) atoms. The van der Waals surface area contributed by atoms with E-state index in [4.69, 9.17) is 0 Å². The van der Waals surface area contributed by atoms with Crippen molar-refractivity contribution in [3.63, 3.8) is 0 Å². The molecule has 4 nitrogen and oxygen atoms in total. The molecule has 2 rings (SSSR count). The zero-order valence-electron chi connectivity index (χ0n) is 8.91. The number of carbonyl (C=O) groups is 1. The van der Waals surface area contributed by atoms with Gasteiger partial charge in [-0.15, -0.1) is 11.3 Å². The molecule has 2 aromatic heterocycles. The van der Waals surface area contributed by atoms with Crippen LogP contribution in [0, 0.1) is 0 Å². The lowest BCUT2D eigenvalue weighted by atomic mass is 10.4. The van der Waals surface area contributed by atoms with Crippen LogP contribution in [0.25, 0.3) is 0 Å². The van der Waals surface area contributed by atoms with Gasteiger partial charge in [0, 0.05) is 23.9 Å². The molecule has 0 saturated heterocycles. The van der Waals surface area contributed by atoms with Gasteiger partial charge in [0.1, 0.15) is 5.82 Å². The van der Waals surface area contributed by atoms with Crippen molar-refractivity contribution in [2.75, 3.05) is 7.05 Å². The van der Waals surface area contributed by atoms with E-state index < -0.39 is 0 Å². The summed E-state index contributed by atoms with van der Waals surface area (Å²) in [7, 11) is 1.76. The fourth-order valence-electron chi connectivity index (χ4n) is 1.32. The first-order valence-electron chi connectivity index (χ1n) is 4.76. The smallest absolute Gasteiger partial charge is 0.264 e. The van der Waals surface area contributed by atoms with Crippen LogP contribution in [0.1, 0.15) is 15.5 Å². The van der Waals surface area contributed by atoms with Crippen LogP contribution in [-0.4, -0.2) is 27.8 Å². The Kier molecular flexibility index (Phi) is 4.01. The Morgan fingerprint density at radius 3 is 2.88 bits per heavy atom. The number of aromatic nitrogens is 2. The molecule has 90 valence electrons. The third-order valence-corrected chi connectivity index (χ3v) is 5.39. The highest BCUT2D eigenvalue weighted by Crippen LogP contribution is 2.32. The van der Waals surface area contributed by atoms with E-state index in [1.54, 1.807) is 24.3 Å². The average molecular weight is 379 g/mol. The molecule has 0 unspecified atom stereocenters. The van der Waals surface area contributed by atoms with Crippen LogP contribution >= 0.6 is 43.2 Å². The van der Waals surface area contributed by atoms with Gasteiger partial charge < -0.3 is 9.88 Å². The normalized spacial score (nSPS) is 10.5. The maximum absolute atomic E-state index is 12.1. The molecule has 0 aliphatic heterocycles. The second-order valence-electron chi connectivity index (χ2n) is 3.43. The van der Waals surface area contributed by atoms with E-state index in [1.165, 1.54) is 11.3 Å². The minimum Gasteiger partial charge on any atom is -0.347 e. The van der Waals surface area contributed by atoms with Gasteiger partial charge in [-0.1, -0.05) is 0 Å². The number of nitrogens with zero attached hydrogens (tertiary/aromatic N) is 2. The highest BCUT2D eigenvalue weighted by Gasteiger charge is 2.16. The van der Waals surface area contributed by atoms with Gasteiger partial charge in [-0.05, 0) is 37.9 Å². The maximum atomic E-state index is 12.1. The van der Waals surface area contributed by atoms with Crippen LogP contribution in [0.15, 0.2) is 26.7 Å². The van der Waals surface area contributed by atoms with Crippen LogP contribution < -0.4 is 0 Å². The van der Waals surface area contributed by atoms with E-state index in [1.807, 2.05) is 6.07 Å². The van der Waals surface area contributed by atoms with Crippen molar-refractivity contribution in [3.8, 4) is 0 Å². The van der Waals surface area contributed by atoms with Crippen LogP contribution in [0.3, 0.4) is 0 Å². The molecular formula is C10H9Br2N3OS. The number of imidazole rings is 1. The van der Waals surface area contributed by atoms with Crippen molar-refractivity contribution in [3.05, 3.63) is 37.4 Å². The summed E-state index contributed by atoms with van der Waals surface area (Å²) in [5, 5.41) is 0. The monoisotopic (exact) mass is 377 g/mol. The summed E-state index contributed by atoms with van der Waals surface area (Å²) in [5.74, 6) is 0.758. The number of halogens is 2. The Morgan fingerprint density at radius 1 is 1.59 bits per heavy atom. The largest absolute Gasteiger partial charge is 0.347 e. The predicted octanol–water partition coefficient (Wildman–Crippen LogP) is 3.27. The molecule has 0 saturated carbocycles. The molecule has 7 heteroatoms. The molecule has 1 amide bonds. The van der Waals surface area contributed by atoms with E-state index in [9.17, 15) is 4.79 Å². The number of carbonyl (C=O) groups excluding carboxylic acids is 1. The summed E-state index contributed by atoms with van der Waals surface area (Å²) in [6.07, 6.45) is 3.41. The average Bonchev–Trinajstić information content (AvgIpc) is 2.89. The van der Waals surface area contributed by atoms with E-state index >= 15 is 0 Å². The highest BCUT2D eigenvalue weighted by molar-refractivity contribution is 9.13. The molecule has 2 heterocycles. The number of H-pyrrole nitrogens is 1. The lowest BCUT2D eigenvalue weighted by Gasteiger charge is -2.14. The van der Waals surface area contributed by atoms with Crippen molar-refractivity contribution in [1.82, 2.24) is 14.9 Å². The second kappa shape index (κ2) is 5.32. The number of nitrogens with one attached hydrogen (secondary N) is 1. The third-order valence-electron chi connectivity index (χ3n) is 2.14. The van der Waals surface area contributed by atoms with Crippen LogP contribution in [0.4, 0.5) is 0 Å². The zero-order chi connectivity index (χ0) is 12.4. The van der Waals surface area contributed by atoms with Gasteiger partial charge in [0.2, 0.25) is 0 Å². The van der Waals surface area contributed by atoms with Gasteiger partial charge in [0.05, 0.1) is 15.2 Å². The van der Waals surface area contributed by atoms with E-state index in [0.29, 0.717) is 11.4 Å².